The standard InChI is InChI=1S/C24H22ClNO5/c1-28-18-7-4-15(5-8-18)19-14-17(6-9-21(19)29-2)26-24(27)16-12-20(25)23-22(13-16)30-10-3-11-31-23/h4-9,12-14H,3,10-11H2,1-2H3,(H,26,27). The van der Waals surface area contributed by atoms with Crippen LogP contribution >= 0.6 is 11.6 Å². The van der Waals surface area contributed by atoms with Crippen molar-refractivity contribution in [3.05, 3.63) is 65.2 Å². The number of methoxy groups -OCH3 is 2. The van der Waals surface area contributed by atoms with Crippen molar-refractivity contribution in [1.82, 2.24) is 0 Å². The van der Waals surface area contributed by atoms with Gasteiger partial charge in [0.2, 0.25) is 0 Å². The van der Waals surface area contributed by atoms with Crippen LogP contribution < -0.4 is 24.3 Å². The minimum atomic E-state index is -0.302. The van der Waals surface area contributed by atoms with Gasteiger partial charge >= 0.3 is 0 Å². The van der Waals surface area contributed by atoms with Gasteiger partial charge in [-0.1, -0.05) is 23.7 Å². The van der Waals surface area contributed by atoms with Gasteiger partial charge in [-0.2, -0.15) is 0 Å². The highest BCUT2D eigenvalue weighted by Crippen LogP contribution is 2.38. The number of carbonyl (C=O) groups excluding carboxylic acids is 1. The molecule has 3 aromatic carbocycles. The van der Waals surface area contributed by atoms with Crippen LogP contribution in [0.15, 0.2) is 54.6 Å². The Morgan fingerprint density at radius 3 is 2.48 bits per heavy atom. The van der Waals surface area contributed by atoms with Gasteiger partial charge in [0.05, 0.1) is 32.5 Å². The molecule has 0 saturated carbocycles. The van der Waals surface area contributed by atoms with Crippen molar-refractivity contribution in [3.8, 4) is 34.1 Å². The largest absolute Gasteiger partial charge is 0.497 e. The Balaban J connectivity index is 1.61. The van der Waals surface area contributed by atoms with Crippen LogP contribution in [0.3, 0.4) is 0 Å². The molecule has 1 N–H and O–H groups in total. The van der Waals surface area contributed by atoms with Gasteiger partial charge in [0.1, 0.15) is 11.5 Å². The second-order valence-corrected chi connectivity index (χ2v) is 7.34. The lowest BCUT2D eigenvalue weighted by atomic mass is 10.0. The molecule has 0 unspecified atom stereocenters. The van der Waals surface area contributed by atoms with Crippen LogP contribution in [0.5, 0.6) is 23.0 Å². The maximum absolute atomic E-state index is 12.9. The van der Waals surface area contributed by atoms with Gasteiger partial charge in [-0.25, -0.2) is 0 Å². The Morgan fingerprint density at radius 2 is 1.74 bits per heavy atom. The first-order valence-electron chi connectivity index (χ1n) is 9.82. The Hall–Kier alpha value is -3.38. The summed E-state index contributed by atoms with van der Waals surface area (Å²) in [7, 11) is 3.23. The summed E-state index contributed by atoms with van der Waals surface area (Å²) in [6, 6.07) is 16.3. The van der Waals surface area contributed by atoms with E-state index in [2.05, 4.69) is 5.32 Å². The molecule has 6 nitrogen and oxygen atoms in total. The van der Waals surface area contributed by atoms with Crippen molar-refractivity contribution in [2.45, 2.75) is 6.42 Å². The first-order chi connectivity index (χ1) is 15.1. The van der Waals surface area contributed by atoms with Crippen LogP contribution in [-0.4, -0.2) is 33.3 Å². The van der Waals surface area contributed by atoms with Crippen molar-refractivity contribution >= 4 is 23.2 Å². The summed E-state index contributed by atoms with van der Waals surface area (Å²) in [6.45, 7) is 1.04. The Kier molecular flexibility index (Phi) is 6.18. The summed E-state index contributed by atoms with van der Waals surface area (Å²) in [5.74, 6) is 2.11. The highest BCUT2D eigenvalue weighted by atomic mass is 35.5. The SMILES string of the molecule is COc1ccc(-c2cc(NC(=O)c3cc(Cl)c4c(c3)OCCCO4)ccc2OC)cc1. The predicted molar refractivity (Wildman–Crippen MR) is 120 cm³/mol. The van der Waals surface area contributed by atoms with E-state index in [1.807, 2.05) is 36.4 Å². The number of carbonyl (C=O) groups is 1. The van der Waals surface area contributed by atoms with Crippen LogP contribution in [0.4, 0.5) is 5.69 Å². The summed E-state index contributed by atoms with van der Waals surface area (Å²) in [4.78, 5) is 12.9. The number of fused-ring (bicyclic) bond motifs is 1. The maximum atomic E-state index is 12.9. The first-order valence-corrected chi connectivity index (χ1v) is 10.2. The average Bonchev–Trinajstić information content (AvgIpc) is 3.05. The van der Waals surface area contributed by atoms with Crippen LogP contribution in [-0.2, 0) is 0 Å². The number of rotatable bonds is 5. The molecule has 1 aliphatic heterocycles. The zero-order chi connectivity index (χ0) is 21.8. The summed E-state index contributed by atoms with van der Waals surface area (Å²) in [5, 5.41) is 3.26. The van der Waals surface area contributed by atoms with Crippen LogP contribution in [0.1, 0.15) is 16.8 Å². The van der Waals surface area contributed by atoms with Gasteiger partial charge in [-0.15, -0.1) is 0 Å². The number of hydrogen-bond donors (Lipinski definition) is 1. The molecule has 3 aromatic rings. The van der Waals surface area contributed by atoms with E-state index in [4.69, 9.17) is 30.5 Å². The molecule has 0 radical (unpaired) electrons. The first kappa shape index (κ1) is 20.9. The normalized spacial score (nSPS) is 12.6. The van der Waals surface area contributed by atoms with Crippen molar-refractivity contribution < 1.29 is 23.7 Å². The molecule has 4 rings (SSSR count). The van der Waals surface area contributed by atoms with Gasteiger partial charge in [0.15, 0.2) is 11.5 Å². The van der Waals surface area contributed by atoms with E-state index >= 15 is 0 Å². The summed E-state index contributed by atoms with van der Waals surface area (Å²) in [5.41, 5.74) is 2.79. The predicted octanol–water partition coefficient (Wildman–Crippen LogP) is 5.44. The molecule has 1 heterocycles. The van der Waals surface area contributed by atoms with Crippen molar-refractivity contribution in [1.29, 1.82) is 0 Å². The third-order valence-corrected chi connectivity index (χ3v) is 5.20. The minimum Gasteiger partial charge on any atom is -0.497 e. The number of anilines is 1. The highest BCUT2D eigenvalue weighted by molar-refractivity contribution is 6.32. The number of ether oxygens (including phenoxy) is 4. The Morgan fingerprint density at radius 1 is 0.968 bits per heavy atom. The molecule has 0 fully saturated rings. The minimum absolute atomic E-state index is 0.302. The van der Waals surface area contributed by atoms with Gasteiger partial charge in [-0.05, 0) is 48.0 Å². The zero-order valence-electron chi connectivity index (χ0n) is 17.2. The van der Waals surface area contributed by atoms with E-state index in [0.717, 1.165) is 23.3 Å². The smallest absolute Gasteiger partial charge is 0.255 e. The van der Waals surface area contributed by atoms with Crippen molar-refractivity contribution in [2.24, 2.45) is 0 Å². The second-order valence-electron chi connectivity index (χ2n) is 6.93. The number of benzene rings is 3. The van der Waals surface area contributed by atoms with Gasteiger partial charge in [-0.3, -0.25) is 4.79 Å². The molecular weight excluding hydrogens is 418 g/mol. The number of halogens is 1. The monoisotopic (exact) mass is 439 g/mol. The molecule has 0 aliphatic carbocycles. The molecule has 160 valence electrons. The summed E-state index contributed by atoms with van der Waals surface area (Å²) in [6.07, 6.45) is 0.756. The van der Waals surface area contributed by atoms with Crippen LogP contribution in [0.2, 0.25) is 5.02 Å². The number of amides is 1. The molecule has 7 heteroatoms. The van der Waals surface area contributed by atoms with Crippen molar-refractivity contribution in [3.63, 3.8) is 0 Å². The number of hydrogen-bond acceptors (Lipinski definition) is 5. The van der Waals surface area contributed by atoms with Gasteiger partial charge in [0, 0.05) is 23.2 Å². The Bertz CT molecular complexity index is 1100. The molecule has 0 spiro atoms. The molecule has 1 aliphatic rings. The van der Waals surface area contributed by atoms with E-state index in [9.17, 15) is 4.79 Å². The quantitative estimate of drug-likeness (QED) is 0.573. The second kappa shape index (κ2) is 9.18. The third kappa shape index (κ3) is 4.54. The summed E-state index contributed by atoms with van der Waals surface area (Å²) < 4.78 is 22.0. The number of nitrogens with one attached hydrogen (secondary N) is 1. The zero-order valence-corrected chi connectivity index (χ0v) is 18.0. The molecule has 31 heavy (non-hydrogen) atoms. The summed E-state index contributed by atoms with van der Waals surface area (Å²) >= 11 is 6.32. The van der Waals surface area contributed by atoms with Crippen LogP contribution in [0, 0.1) is 0 Å². The molecule has 0 aromatic heterocycles. The third-order valence-electron chi connectivity index (χ3n) is 4.92. The molecule has 0 bridgehead atoms. The molecular formula is C24H22ClNO5. The topological polar surface area (TPSA) is 66.0 Å². The van der Waals surface area contributed by atoms with E-state index < -0.39 is 0 Å². The van der Waals surface area contributed by atoms with Gasteiger partial charge in [0.25, 0.3) is 5.91 Å². The van der Waals surface area contributed by atoms with Crippen molar-refractivity contribution in [2.75, 3.05) is 32.8 Å². The fourth-order valence-electron chi connectivity index (χ4n) is 3.35. The lowest BCUT2D eigenvalue weighted by molar-refractivity contribution is 0.102. The van der Waals surface area contributed by atoms with E-state index in [0.29, 0.717) is 46.7 Å². The van der Waals surface area contributed by atoms with E-state index in [-0.39, 0.29) is 5.91 Å². The molecule has 0 atom stereocenters. The van der Waals surface area contributed by atoms with Crippen LogP contribution in [0.25, 0.3) is 11.1 Å². The lowest BCUT2D eigenvalue weighted by Crippen LogP contribution is -2.12. The fourth-order valence-corrected chi connectivity index (χ4v) is 3.61. The lowest BCUT2D eigenvalue weighted by Gasteiger charge is -2.14. The molecule has 1 amide bonds. The van der Waals surface area contributed by atoms with E-state index in [1.54, 1.807) is 32.4 Å². The van der Waals surface area contributed by atoms with E-state index in [1.165, 1.54) is 0 Å². The Labute approximate surface area is 185 Å². The van der Waals surface area contributed by atoms with Gasteiger partial charge < -0.3 is 24.3 Å². The highest BCUT2D eigenvalue weighted by Gasteiger charge is 2.19. The molecule has 0 saturated heterocycles. The maximum Gasteiger partial charge on any atom is 0.255 e. The fraction of sp³-hybridized carbons (Fsp3) is 0.208. The average molecular weight is 440 g/mol.